The van der Waals surface area contributed by atoms with Gasteiger partial charge in [-0.1, -0.05) is 13.0 Å². The molecule has 0 bridgehead atoms. The minimum atomic E-state index is 0.371. The summed E-state index contributed by atoms with van der Waals surface area (Å²) in [5.41, 5.74) is 2.00. The predicted octanol–water partition coefficient (Wildman–Crippen LogP) is 4.16. The number of fused-ring (bicyclic) bond motifs is 1. The maximum atomic E-state index is 4.88. The minimum absolute atomic E-state index is 0.371. The van der Waals surface area contributed by atoms with E-state index in [0.29, 0.717) is 6.17 Å². The highest BCUT2D eigenvalue weighted by Crippen LogP contribution is 2.35. The molecule has 1 saturated heterocycles. The second kappa shape index (κ2) is 5.82. The fourth-order valence-corrected chi connectivity index (χ4v) is 4.14. The molecule has 4 nitrogen and oxygen atoms in total. The monoisotopic (exact) mass is 312 g/mol. The molecular weight excluding hydrogens is 292 g/mol. The first-order valence-electron chi connectivity index (χ1n) is 7.99. The van der Waals surface area contributed by atoms with Crippen LogP contribution in [0, 0.1) is 0 Å². The maximum Gasteiger partial charge on any atom is 0.161 e. The van der Waals surface area contributed by atoms with Gasteiger partial charge in [0, 0.05) is 12.7 Å². The van der Waals surface area contributed by atoms with E-state index in [2.05, 4.69) is 45.0 Å². The van der Waals surface area contributed by atoms with E-state index in [4.69, 9.17) is 4.98 Å². The zero-order valence-electron chi connectivity index (χ0n) is 12.8. The summed E-state index contributed by atoms with van der Waals surface area (Å²) in [5.74, 6) is 1.06. The van der Waals surface area contributed by atoms with Crippen molar-refractivity contribution in [2.75, 3.05) is 13.1 Å². The highest BCUT2D eigenvalue weighted by molar-refractivity contribution is 7.13. The number of hydrogen-bond acceptors (Lipinski definition) is 4. The number of imidazole rings is 1. The molecule has 1 aliphatic heterocycles. The van der Waals surface area contributed by atoms with Crippen LogP contribution in [0.4, 0.5) is 0 Å². The quantitative estimate of drug-likeness (QED) is 0.728. The molecule has 0 aliphatic carbocycles. The molecule has 1 aliphatic rings. The molecule has 0 spiro atoms. The Labute approximate surface area is 134 Å². The second-order valence-corrected chi connectivity index (χ2v) is 6.68. The van der Waals surface area contributed by atoms with E-state index in [-0.39, 0.29) is 0 Å². The molecular formula is C17H20N4S. The number of pyridine rings is 1. The summed E-state index contributed by atoms with van der Waals surface area (Å²) in [6.45, 7) is 4.48. The third-order valence-corrected chi connectivity index (χ3v) is 5.34. The SMILES string of the molecule is CCN1CCCCC1n1c(-c2cccs2)nc2cccnc21. The lowest BCUT2D eigenvalue weighted by Crippen LogP contribution is -2.37. The van der Waals surface area contributed by atoms with Crippen molar-refractivity contribution in [1.82, 2.24) is 19.4 Å². The number of piperidine rings is 1. The van der Waals surface area contributed by atoms with E-state index < -0.39 is 0 Å². The van der Waals surface area contributed by atoms with Crippen LogP contribution in [-0.2, 0) is 0 Å². The minimum Gasteiger partial charge on any atom is -0.291 e. The van der Waals surface area contributed by atoms with E-state index >= 15 is 0 Å². The average Bonchev–Trinajstić information content (AvgIpc) is 3.22. The van der Waals surface area contributed by atoms with Crippen LogP contribution in [0.5, 0.6) is 0 Å². The third-order valence-electron chi connectivity index (χ3n) is 4.47. The van der Waals surface area contributed by atoms with Crippen LogP contribution >= 0.6 is 11.3 Å². The Morgan fingerprint density at radius 1 is 1.27 bits per heavy atom. The zero-order chi connectivity index (χ0) is 14.9. The normalized spacial score (nSPS) is 19.8. The van der Waals surface area contributed by atoms with Gasteiger partial charge in [0.1, 0.15) is 5.52 Å². The van der Waals surface area contributed by atoms with Gasteiger partial charge in [0.2, 0.25) is 0 Å². The van der Waals surface area contributed by atoms with Gasteiger partial charge in [0.15, 0.2) is 11.5 Å². The van der Waals surface area contributed by atoms with Crippen molar-refractivity contribution < 1.29 is 0 Å². The van der Waals surface area contributed by atoms with E-state index in [1.807, 2.05) is 12.3 Å². The van der Waals surface area contributed by atoms with Gasteiger partial charge in [-0.3, -0.25) is 9.47 Å². The molecule has 5 heteroatoms. The van der Waals surface area contributed by atoms with Crippen molar-refractivity contribution in [3.8, 4) is 10.7 Å². The van der Waals surface area contributed by atoms with Crippen LogP contribution < -0.4 is 0 Å². The van der Waals surface area contributed by atoms with Crippen molar-refractivity contribution in [2.24, 2.45) is 0 Å². The summed E-state index contributed by atoms with van der Waals surface area (Å²) >= 11 is 1.75. The fourth-order valence-electron chi connectivity index (χ4n) is 3.43. The van der Waals surface area contributed by atoms with Gasteiger partial charge >= 0.3 is 0 Å². The number of hydrogen-bond donors (Lipinski definition) is 0. The first kappa shape index (κ1) is 13.9. The lowest BCUT2D eigenvalue weighted by Gasteiger charge is -2.36. The van der Waals surface area contributed by atoms with E-state index in [1.54, 1.807) is 11.3 Å². The highest BCUT2D eigenvalue weighted by atomic mass is 32.1. The molecule has 0 aromatic carbocycles. The Balaban J connectivity index is 1.92. The Bertz CT molecular complexity index is 762. The molecule has 3 aromatic heterocycles. The van der Waals surface area contributed by atoms with Gasteiger partial charge in [-0.25, -0.2) is 9.97 Å². The molecule has 3 aromatic rings. The van der Waals surface area contributed by atoms with Crippen molar-refractivity contribution in [3.05, 3.63) is 35.8 Å². The van der Waals surface area contributed by atoms with Crippen LogP contribution in [0.3, 0.4) is 0 Å². The third kappa shape index (κ3) is 2.25. The molecule has 0 radical (unpaired) electrons. The van der Waals surface area contributed by atoms with Crippen LogP contribution in [0.25, 0.3) is 21.9 Å². The first-order chi connectivity index (χ1) is 10.9. The highest BCUT2D eigenvalue weighted by Gasteiger charge is 2.27. The van der Waals surface area contributed by atoms with Gasteiger partial charge < -0.3 is 0 Å². The van der Waals surface area contributed by atoms with Gasteiger partial charge in [-0.05, 0) is 49.4 Å². The van der Waals surface area contributed by atoms with Crippen LogP contribution in [0.2, 0.25) is 0 Å². The molecule has 1 atom stereocenters. The first-order valence-corrected chi connectivity index (χ1v) is 8.87. The summed E-state index contributed by atoms with van der Waals surface area (Å²) < 4.78 is 2.36. The van der Waals surface area contributed by atoms with Gasteiger partial charge in [0.05, 0.1) is 11.0 Å². The molecule has 1 unspecified atom stereocenters. The van der Waals surface area contributed by atoms with Crippen molar-refractivity contribution in [1.29, 1.82) is 0 Å². The largest absolute Gasteiger partial charge is 0.291 e. The number of thiophene rings is 1. The lowest BCUT2D eigenvalue weighted by atomic mass is 10.1. The number of likely N-dealkylation sites (tertiary alicyclic amines) is 1. The Morgan fingerprint density at radius 2 is 2.23 bits per heavy atom. The van der Waals surface area contributed by atoms with Crippen molar-refractivity contribution >= 4 is 22.5 Å². The molecule has 0 amide bonds. The van der Waals surface area contributed by atoms with Crippen LogP contribution in [-0.4, -0.2) is 32.5 Å². The number of nitrogens with zero attached hydrogens (tertiary/aromatic N) is 4. The standard InChI is InChI=1S/C17H20N4S/c1-2-20-11-4-3-9-15(20)21-16-13(7-5-10-18-16)19-17(21)14-8-6-12-22-14/h5-8,10,12,15H,2-4,9,11H2,1H3. The Morgan fingerprint density at radius 3 is 3.05 bits per heavy atom. The van der Waals surface area contributed by atoms with Crippen molar-refractivity contribution in [2.45, 2.75) is 32.4 Å². The Hall–Kier alpha value is -1.72. The molecule has 4 rings (SSSR count). The molecule has 4 heterocycles. The molecule has 0 N–H and O–H groups in total. The summed E-state index contributed by atoms with van der Waals surface area (Å²) in [6.07, 6.45) is 5.98. The summed E-state index contributed by atoms with van der Waals surface area (Å²) in [6, 6.07) is 8.28. The number of rotatable bonds is 3. The van der Waals surface area contributed by atoms with Gasteiger partial charge in [-0.15, -0.1) is 11.3 Å². The summed E-state index contributed by atoms with van der Waals surface area (Å²) in [4.78, 5) is 13.3. The molecule has 1 fully saturated rings. The lowest BCUT2D eigenvalue weighted by molar-refractivity contribution is 0.106. The molecule has 114 valence electrons. The topological polar surface area (TPSA) is 34.0 Å². The van der Waals surface area contributed by atoms with Gasteiger partial charge in [0.25, 0.3) is 0 Å². The van der Waals surface area contributed by atoms with Crippen molar-refractivity contribution in [3.63, 3.8) is 0 Å². The van der Waals surface area contributed by atoms with E-state index in [0.717, 1.165) is 30.1 Å². The predicted molar refractivity (Wildman–Crippen MR) is 91.0 cm³/mol. The maximum absolute atomic E-state index is 4.88. The molecule has 0 saturated carbocycles. The van der Waals surface area contributed by atoms with E-state index in [1.165, 1.54) is 24.1 Å². The summed E-state index contributed by atoms with van der Waals surface area (Å²) in [7, 11) is 0. The van der Waals surface area contributed by atoms with Crippen LogP contribution in [0.1, 0.15) is 32.4 Å². The average molecular weight is 312 g/mol. The smallest absolute Gasteiger partial charge is 0.161 e. The van der Waals surface area contributed by atoms with Crippen LogP contribution in [0.15, 0.2) is 35.8 Å². The number of aromatic nitrogens is 3. The summed E-state index contributed by atoms with van der Waals surface area (Å²) in [5, 5.41) is 2.12. The van der Waals surface area contributed by atoms with E-state index in [9.17, 15) is 0 Å². The second-order valence-electron chi connectivity index (χ2n) is 5.73. The molecule has 22 heavy (non-hydrogen) atoms. The fraction of sp³-hybridized carbons (Fsp3) is 0.412. The van der Waals surface area contributed by atoms with Gasteiger partial charge in [-0.2, -0.15) is 0 Å². The Kier molecular flexibility index (Phi) is 3.68. The zero-order valence-corrected chi connectivity index (χ0v) is 13.6.